The Morgan fingerprint density at radius 2 is 1.97 bits per heavy atom. The fraction of sp³-hybridized carbons (Fsp3) is 0.429. The summed E-state index contributed by atoms with van der Waals surface area (Å²) in [6.07, 6.45) is 7.23. The molecule has 1 fully saturated rings. The Morgan fingerprint density at radius 3 is 2.66 bits per heavy atom. The van der Waals surface area contributed by atoms with E-state index in [1.807, 2.05) is 18.2 Å². The van der Waals surface area contributed by atoms with Gasteiger partial charge in [0.15, 0.2) is 0 Å². The summed E-state index contributed by atoms with van der Waals surface area (Å²) >= 11 is 6.18. The summed E-state index contributed by atoms with van der Waals surface area (Å²) < 4.78 is 27.6. The van der Waals surface area contributed by atoms with Crippen LogP contribution >= 0.6 is 11.6 Å². The zero-order chi connectivity index (χ0) is 20.9. The molecule has 1 aromatic carbocycles. The Bertz CT molecular complexity index is 945. The van der Waals surface area contributed by atoms with Gasteiger partial charge >= 0.3 is 0 Å². The van der Waals surface area contributed by atoms with E-state index in [-0.39, 0.29) is 21.5 Å². The lowest BCUT2D eigenvalue weighted by Crippen LogP contribution is -2.38. The highest BCUT2D eigenvalue weighted by molar-refractivity contribution is 7.89. The standard InChI is InChI=1S/C21H26ClN3O3S/c1-25(17-8-3-2-4-9-17)29(27,28)18-10-11-20(22)19(15-18)21(26)24-14-12-16-7-5-6-13-23-16/h5-7,10-11,13,15,17H,2-4,8-9,12,14H2,1H3,(H,24,26). The molecule has 0 bridgehead atoms. The second-order valence-electron chi connectivity index (χ2n) is 7.28. The minimum atomic E-state index is -3.69. The monoisotopic (exact) mass is 435 g/mol. The molecule has 0 unspecified atom stereocenters. The van der Waals surface area contributed by atoms with Gasteiger partial charge in [-0.3, -0.25) is 9.78 Å². The summed E-state index contributed by atoms with van der Waals surface area (Å²) in [6, 6.07) is 9.90. The second kappa shape index (κ2) is 9.69. The van der Waals surface area contributed by atoms with Crippen molar-refractivity contribution in [3.8, 4) is 0 Å². The molecule has 0 radical (unpaired) electrons. The number of rotatable bonds is 7. The number of carbonyl (C=O) groups is 1. The summed E-state index contributed by atoms with van der Waals surface area (Å²) in [5, 5.41) is 3.01. The maximum atomic E-state index is 13.1. The molecule has 1 saturated carbocycles. The lowest BCUT2D eigenvalue weighted by Gasteiger charge is -2.30. The first-order valence-corrected chi connectivity index (χ1v) is 11.7. The Balaban J connectivity index is 1.72. The van der Waals surface area contributed by atoms with E-state index in [1.165, 1.54) is 22.5 Å². The van der Waals surface area contributed by atoms with E-state index in [2.05, 4.69) is 10.3 Å². The van der Waals surface area contributed by atoms with E-state index in [0.29, 0.717) is 13.0 Å². The smallest absolute Gasteiger partial charge is 0.252 e. The fourth-order valence-electron chi connectivity index (χ4n) is 3.59. The largest absolute Gasteiger partial charge is 0.352 e. The maximum Gasteiger partial charge on any atom is 0.252 e. The summed E-state index contributed by atoms with van der Waals surface area (Å²) in [7, 11) is -2.07. The van der Waals surface area contributed by atoms with Crippen molar-refractivity contribution >= 4 is 27.5 Å². The molecule has 0 atom stereocenters. The minimum absolute atomic E-state index is 0.0000713. The third-order valence-corrected chi connectivity index (χ3v) is 7.58. The molecular weight excluding hydrogens is 410 g/mol. The molecule has 1 aromatic heterocycles. The number of amides is 1. The summed E-state index contributed by atoms with van der Waals surface area (Å²) in [6.45, 7) is 0.380. The van der Waals surface area contributed by atoms with E-state index in [9.17, 15) is 13.2 Å². The van der Waals surface area contributed by atoms with Crippen molar-refractivity contribution in [2.45, 2.75) is 49.5 Å². The van der Waals surface area contributed by atoms with Crippen LogP contribution in [-0.2, 0) is 16.4 Å². The van der Waals surface area contributed by atoms with Gasteiger partial charge in [-0.2, -0.15) is 4.31 Å². The van der Waals surface area contributed by atoms with Gasteiger partial charge in [-0.05, 0) is 43.2 Å². The maximum absolute atomic E-state index is 13.1. The number of benzene rings is 1. The van der Waals surface area contributed by atoms with E-state index < -0.39 is 15.9 Å². The van der Waals surface area contributed by atoms with Crippen molar-refractivity contribution in [1.82, 2.24) is 14.6 Å². The number of nitrogens with one attached hydrogen (secondary N) is 1. The first kappa shape index (κ1) is 21.7. The van der Waals surface area contributed by atoms with Crippen molar-refractivity contribution in [1.29, 1.82) is 0 Å². The molecule has 1 aliphatic rings. The topological polar surface area (TPSA) is 79.4 Å². The number of carbonyl (C=O) groups excluding carboxylic acids is 1. The Morgan fingerprint density at radius 1 is 1.21 bits per heavy atom. The predicted octanol–water partition coefficient (Wildman–Crippen LogP) is 3.66. The van der Waals surface area contributed by atoms with Crippen LogP contribution in [0.1, 0.15) is 48.2 Å². The number of hydrogen-bond acceptors (Lipinski definition) is 4. The fourth-order valence-corrected chi connectivity index (χ4v) is 5.24. The molecule has 3 rings (SSSR count). The highest BCUT2D eigenvalue weighted by Crippen LogP contribution is 2.28. The summed E-state index contributed by atoms with van der Waals surface area (Å²) in [4.78, 5) is 16.9. The van der Waals surface area contributed by atoms with Gasteiger partial charge in [-0.25, -0.2) is 8.42 Å². The number of nitrogens with zero attached hydrogens (tertiary/aromatic N) is 2. The van der Waals surface area contributed by atoms with Crippen LogP contribution in [-0.4, -0.2) is 43.2 Å². The number of halogens is 1. The van der Waals surface area contributed by atoms with Gasteiger partial charge in [0.1, 0.15) is 0 Å². The molecule has 29 heavy (non-hydrogen) atoms. The first-order chi connectivity index (χ1) is 13.9. The van der Waals surface area contributed by atoms with Crippen LogP contribution in [0.25, 0.3) is 0 Å². The van der Waals surface area contributed by atoms with Crippen molar-refractivity contribution in [2.24, 2.45) is 0 Å². The molecule has 0 saturated heterocycles. The quantitative estimate of drug-likeness (QED) is 0.719. The molecule has 0 spiro atoms. The van der Waals surface area contributed by atoms with Gasteiger partial charge in [0.2, 0.25) is 10.0 Å². The summed E-state index contributed by atoms with van der Waals surface area (Å²) in [5.74, 6) is -0.400. The molecule has 1 heterocycles. The van der Waals surface area contributed by atoms with Crippen molar-refractivity contribution in [3.63, 3.8) is 0 Å². The average molecular weight is 436 g/mol. The van der Waals surface area contributed by atoms with Gasteiger partial charge < -0.3 is 5.32 Å². The first-order valence-electron chi connectivity index (χ1n) is 9.85. The molecule has 1 aliphatic carbocycles. The van der Waals surface area contributed by atoms with Crippen LogP contribution in [0.2, 0.25) is 5.02 Å². The molecule has 0 aliphatic heterocycles. The normalized spacial score (nSPS) is 15.4. The van der Waals surface area contributed by atoms with Crippen molar-refractivity contribution in [3.05, 3.63) is 58.9 Å². The number of pyridine rings is 1. The molecular formula is C21H26ClN3O3S. The second-order valence-corrected chi connectivity index (χ2v) is 9.69. The SMILES string of the molecule is CN(C1CCCCC1)S(=O)(=O)c1ccc(Cl)c(C(=O)NCCc2ccccn2)c1. The third kappa shape index (κ3) is 5.35. The van der Waals surface area contributed by atoms with Crippen molar-refractivity contribution < 1.29 is 13.2 Å². The number of hydrogen-bond donors (Lipinski definition) is 1. The molecule has 8 heteroatoms. The zero-order valence-corrected chi connectivity index (χ0v) is 18.0. The predicted molar refractivity (Wildman–Crippen MR) is 114 cm³/mol. The van der Waals surface area contributed by atoms with E-state index >= 15 is 0 Å². The molecule has 6 nitrogen and oxygen atoms in total. The minimum Gasteiger partial charge on any atom is -0.352 e. The Labute approximate surface area is 177 Å². The van der Waals surface area contributed by atoms with Crippen LogP contribution < -0.4 is 5.32 Å². The van der Waals surface area contributed by atoms with Crippen LogP contribution in [0.4, 0.5) is 0 Å². The van der Waals surface area contributed by atoms with Crippen LogP contribution in [0, 0.1) is 0 Å². The van der Waals surface area contributed by atoms with E-state index in [1.54, 1.807) is 13.2 Å². The highest BCUT2D eigenvalue weighted by Gasteiger charge is 2.29. The van der Waals surface area contributed by atoms with E-state index in [0.717, 1.165) is 37.8 Å². The number of sulfonamides is 1. The van der Waals surface area contributed by atoms with Crippen LogP contribution in [0.15, 0.2) is 47.5 Å². The zero-order valence-electron chi connectivity index (χ0n) is 16.5. The molecule has 156 valence electrons. The molecule has 2 aromatic rings. The number of aromatic nitrogens is 1. The average Bonchev–Trinajstić information content (AvgIpc) is 2.74. The lowest BCUT2D eigenvalue weighted by molar-refractivity contribution is 0.0954. The van der Waals surface area contributed by atoms with Crippen LogP contribution in [0.3, 0.4) is 0 Å². The Kier molecular flexibility index (Phi) is 7.27. The molecule has 1 N–H and O–H groups in total. The van der Waals surface area contributed by atoms with Gasteiger partial charge in [0.25, 0.3) is 5.91 Å². The third-order valence-electron chi connectivity index (χ3n) is 5.34. The lowest BCUT2D eigenvalue weighted by atomic mass is 9.96. The van der Waals surface area contributed by atoms with Gasteiger partial charge in [-0.1, -0.05) is 36.9 Å². The van der Waals surface area contributed by atoms with Gasteiger partial charge in [0, 0.05) is 37.9 Å². The summed E-state index contributed by atoms with van der Waals surface area (Å²) in [5.41, 5.74) is 1.02. The van der Waals surface area contributed by atoms with Crippen molar-refractivity contribution in [2.75, 3.05) is 13.6 Å². The van der Waals surface area contributed by atoms with E-state index in [4.69, 9.17) is 11.6 Å². The molecule has 1 amide bonds. The highest BCUT2D eigenvalue weighted by atomic mass is 35.5. The van der Waals surface area contributed by atoms with Gasteiger partial charge in [0.05, 0.1) is 15.5 Å². The van der Waals surface area contributed by atoms with Crippen LogP contribution in [0.5, 0.6) is 0 Å². The van der Waals surface area contributed by atoms with Gasteiger partial charge in [-0.15, -0.1) is 0 Å². The Hall–Kier alpha value is -1.96.